The SMILES string of the molecule is NC(=O)c1sc2ccccc2c1C1CN(Cc2cccc3cccnc23)CCO1. The molecule has 0 aliphatic carbocycles. The van der Waals surface area contributed by atoms with Crippen LogP contribution in [0.25, 0.3) is 21.0 Å². The highest BCUT2D eigenvalue weighted by Crippen LogP contribution is 2.38. The van der Waals surface area contributed by atoms with Crippen molar-refractivity contribution in [1.82, 2.24) is 9.88 Å². The summed E-state index contributed by atoms with van der Waals surface area (Å²) in [4.78, 5) is 19.7. The zero-order chi connectivity index (χ0) is 19.8. The summed E-state index contributed by atoms with van der Waals surface area (Å²) in [7, 11) is 0. The molecule has 1 unspecified atom stereocenters. The summed E-state index contributed by atoms with van der Waals surface area (Å²) in [5, 5.41) is 2.21. The molecule has 0 spiro atoms. The molecule has 5 rings (SSSR count). The van der Waals surface area contributed by atoms with E-state index < -0.39 is 0 Å². The second-order valence-electron chi connectivity index (χ2n) is 7.29. The molecular formula is C23H21N3O2S. The first kappa shape index (κ1) is 18.2. The Morgan fingerprint density at radius 2 is 2.03 bits per heavy atom. The molecule has 2 aromatic carbocycles. The highest BCUT2D eigenvalue weighted by molar-refractivity contribution is 7.21. The third-order valence-corrected chi connectivity index (χ3v) is 6.64. The van der Waals surface area contributed by atoms with Crippen LogP contribution in [0.5, 0.6) is 0 Å². The fourth-order valence-corrected chi connectivity index (χ4v) is 5.23. The minimum absolute atomic E-state index is 0.176. The largest absolute Gasteiger partial charge is 0.371 e. The maximum absolute atomic E-state index is 12.1. The first-order valence-corrected chi connectivity index (χ1v) is 10.5. The number of carbonyl (C=O) groups is 1. The van der Waals surface area contributed by atoms with Crippen molar-refractivity contribution in [3.8, 4) is 0 Å². The molecule has 1 fully saturated rings. The van der Waals surface area contributed by atoms with Crippen molar-refractivity contribution < 1.29 is 9.53 Å². The zero-order valence-electron chi connectivity index (χ0n) is 15.9. The molecular weight excluding hydrogens is 382 g/mol. The quantitative estimate of drug-likeness (QED) is 0.556. The van der Waals surface area contributed by atoms with Crippen LogP contribution in [-0.4, -0.2) is 35.5 Å². The lowest BCUT2D eigenvalue weighted by Crippen LogP contribution is -2.38. The van der Waals surface area contributed by atoms with Crippen LogP contribution in [0.2, 0.25) is 0 Å². The van der Waals surface area contributed by atoms with Crippen molar-refractivity contribution in [2.45, 2.75) is 12.6 Å². The summed E-state index contributed by atoms with van der Waals surface area (Å²) < 4.78 is 7.18. The molecule has 1 amide bonds. The van der Waals surface area contributed by atoms with Crippen LogP contribution in [0.15, 0.2) is 60.8 Å². The number of primary amides is 1. The van der Waals surface area contributed by atoms with Crippen molar-refractivity contribution in [3.05, 3.63) is 76.8 Å². The molecule has 2 aromatic heterocycles. The number of morpholine rings is 1. The van der Waals surface area contributed by atoms with Gasteiger partial charge in [0.1, 0.15) is 0 Å². The van der Waals surface area contributed by atoms with Gasteiger partial charge in [-0.2, -0.15) is 0 Å². The fraction of sp³-hybridized carbons (Fsp3) is 0.217. The van der Waals surface area contributed by atoms with Crippen LogP contribution in [0.4, 0.5) is 0 Å². The van der Waals surface area contributed by atoms with Gasteiger partial charge < -0.3 is 10.5 Å². The molecule has 5 nitrogen and oxygen atoms in total. The van der Waals surface area contributed by atoms with E-state index in [0.717, 1.165) is 39.6 Å². The number of fused-ring (bicyclic) bond motifs is 2. The highest BCUT2D eigenvalue weighted by atomic mass is 32.1. The Morgan fingerprint density at radius 1 is 1.17 bits per heavy atom. The number of para-hydroxylation sites is 1. The van der Waals surface area contributed by atoms with Gasteiger partial charge in [0.05, 0.1) is 23.1 Å². The molecule has 1 atom stereocenters. The maximum atomic E-state index is 12.1. The molecule has 0 radical (unpaired) electrons. The lowest BCUT2D eigenvalue weighted by Gasteiger charge is -2.33. The van der Waals surface area contributed by atoms with Gasteiger partial charge in [-0.25, -0.2) is 0 Å². The molecule has 29 heavy (non-hydrogen) atoms. The number of nitrogens with two attached hydrogens (primary N) is 1. The minimum Gasteiger partial charge on any atom is -0.371 e. The number of hydrogen-bond acceptors (Lipinski definition) is 5. The van der Waals surface area contributed by atoms with E-state index in [1.54, 1.807) is 0 Å². The molecule has 0 bridgehead atoms. The predicted molar refractivity (Wildman–Crippen MR) is 116 cm³/mol. The van der Waals surface area contributed by atoms with Gasteiger partial charge in [-0.3, -0.25) is 14.7 Å². The van der Waals surface area contributed by atoms with Crippen molar-refractivity contribution in [1.29, 1.82) is 0 Å². The molecule has 146 valence electrons. The average Bonchev–Trinajstić information content (AvgIpc) is 3.14. The maximum Gasteiger partial charge on any atom is 0.259 e. The zero-order valence-corrected chi connectivity index (χ0v) is 16.7. The van der Waals surface area contributed by atoms with Gasteiger partial charge in [0.25, 0.3) is 5.91 Å². The predicted octanol–water partition coefficient (Wildman–Crippen LogP) is 4.12. The second-order valence-corrected chi connectivity index (χ2v) is 8.34. The van der Waals surface area contributed by atoms with Gasteiger partial charge in [-0.1, -0.05) is 42.5 Å². The Kier molecular flexibility index (Phi) is 4.75. The Hall–Kier alpha value is -2.80. The third-order valence-electron chi connectivity index (χ3n) is 5.44. The fourth-order valence-electron chi connectivity index (χ4n) is 4.12. The van der Waals surface area contributed by atoms with Crippen LogP contribution < -0.4 is 5.73 Å². The normalized spacial score (nSPS) is 17.7. The van der Waals surface area contributed by atoms with Crippen molar-refractivity contribution in [2.24, 2.45) is 5.73 Å². The Bertz CT molecular complexity index is 1200. The minimum atomic E-state index is -0.389. The van der Waals surface area contributed by atoms with E-state index in [-0.39, 0.29) is 12.0 Å². The number of ether oxygens (including phenoxy) is 1. The average molecular weight is 404 g/mol. The summed E-state index contributed by atoms with van der Waals surface area (Å²) in [6, 6.07) is 18.4. The smallest absolute Gasteiger partial charge is 0.259 e. The Morgan fingerprint density at radius 3 is 2.93 bits per heavy atom. The van der Waals surface area contributed by atoms with E-state index in [9.17, 15) is 4.79 Å². The standard InChI is InChI=1S/C23H21N3O2S/c24-23(27)22-20(17-8-1-2-9-19(17)29-22)18-14-26(11-12-28-18)13-16-6-3-5-15-7-4-10-25-21(15)16/h1-10,18H,11-14H2,(H2,24,27). The molecule has 4 aromatic rings. The van der Waals surface area contributed by atoms with Crippen LogP contribution in [0.3, 0.4) is 0 Å². The lowest BCUT2D eigenvalue weighted by molar-refractivity contribution is -0.0321. The number of rotatable bonds is 4. The number of thiophene rings is 1. The van der Waals surface area contributed by atoms with Gasteiger partial charge in [-0.15, -0.1) is 11.3 Å². The molecule has 1 aliphatic heterocycles. The van der Waals surface area contributed by atoms with Crippen LogP contribution >= 0.6 is 11.3 Å². The van der Waals surface area contributed by atoms with E-state index >= 15 is 0 Å². The molecule has 1 aliphatic rings. The van der Waals surface area contributed by atoms with Gasteiger partial charge in [0.2, 0.25) is 0 Å². The topological polar surface area (TPSA) is 68.5 Å². The summed E-state index contributed by atoms with van der Waals surface area (Å²) >= 11 is 1.45. The number of benzene rings is 2. The van der Waals surface area contributed by atoms with Crippen molar-refractivity contribution >= 4 is 38.2 Å². The highest BCUT2D eigenvalue weighted by Gasteiger charge is 2.29. The summed E-state index contributed by atoms with van der Waals surface area (Å²) in [5.74, 6) is -0.389. The van der Waals surface area contributed by atoms with Gasteiger partial charge >= 0.3 is 0 Å². The van der Waals surface area contributed by atoms with Crippen molar-refractivity contribution in [3.63, 3.8) is 0 Å². The number of nitrogens with zero attached hydrogens (tertiary/aromatic N) is 2. The summed E-state index contributed by atoms with van der Waals surface area (Å²) in [6.45, 7) is 2.96. The van der Waals surface area contributed by atoms with E-state index in [0.29, 0.717) is 18.0 Å². The van der Waals surface area contributed by atoms with Crippen LogP contribution in [0, 0.1) is 0 Å². The third kappa shape index (κ3) is 3.40. The summed E-state index contributed by atoms with van der Waals surface area (Å²) in [5.41, 5.74) is 8.87. The molecule has 1 saturated heterocycles. The van der Waals surface area contributed by atoms with E-state index in [4.69, 9.17) is 10.5 Å². The monoisotopic (exact) mass is 403 g/mol. The van der Waals surface area contributed by atoms with Crippen LogP contribution in [-0.2, 0) is 11.3 Å². The number of amides is 1. The molecule has 3 heterocycles. The van der Waals surface area contributed by atoms with E-state index in [2.05, 4.69) is 34.1 Å². The van der Waals surface area contributed by atoms with Crippen molar-refractivity contribution in [2.75, 3.05) is 19.7 Å². The van der Waals surface area contributed by atoms with Crippen LogP contribution in [0.1, 0.15) is 26.9 Å². The molecule has 2 N–H and O–H groups in total. The number of carbonyl (C=O) groups excluding carboxylic acids is 1. The molecule has 6 heteroatoms. The number of aromatic nitrogens is 1. The van der Waals surface area contributed by atoms with Gasteiger partial charge in [-0.05, 0) is 23.1 Å². The first-order chi connectivity index (χ1) is 14.2. The Balaban J connectivity index is 1.46. The van der Waals surface area contributed by atoms with E-state index in [1.807, 2.05) is 36.5 Å². The van der Waals surface area contributed by atoms with Gasteiger partial charge in [0, 0.05) is 41.5 Å². The van der Waals surface area contributed by atoms with E-state index in [1.165, 1.54) is 16.9 Å². The second kappa shape index (κ2) is 7.55. The number of pyridine rings is 1. The summed E-state index contributed by atoms with van der Waals surface area (Å²) in [6.07, 6.45) is 1.66. The molecule has 0 saturated carbocycles. The van der Waals surface area contributed by atoms with Gasteiger partial charge in [0.15, 0.2) is 0 Å². The Labute approximate surface area is 172 Å². The number of hydrogen-bond donors (Lipinski definition) is 1. The lowest BCUT2D eigenvalue weighted by atomic mass is 10.0. The first-order valence-electron chi connectivity index (χ1n) is 9.68.